The molecule has 12 aliphatic carbocycles. The molecule has 71 heavy (non-hydrogen) atoms. The van der Waals surface area contributed by atoms with Gasteiger partial charge in [0, 0.05) is 60.5 Å². The first-order valence-corrected chi connectivity index (χ1v) is 28.5. The van der Waals surface area contributed by atoms with Gasteiger partial charge in [-0.1, -0.05) is 53.9 Å². The second kappa shape index (κ2) is 14.6. The Morgan fingerprint density at radius 2 is 1.27 bits per heavy atom. The fourth-order valence-electron chi connectivity index (χ4n) is 20.5. The number of rotatable bonds is 16. The summed E-state index contributed by atoms with van der Waals surface area (Å²) in [6.45, 7) is 11.2. The fourth-order valence-corrected chi connectivity index (χ4v) is 20.5. The molecule has 0 N–H and O–H groups in total. The van der Waals surface area contributed by atoms with E-state index in [1.165, 1.54) is 56.9 Å². The molecule has 3 fully saturated rings. The Morgan fingerprint density at radius 1 is 0.620 bits per heavy atom. The topological polar surface area (TPSA) is 40.7 Å². The molecule has 11 atom stereocenters. The van der Waals surface area contributed by atoms with Crippen LogP contribution < -0.4 is 35.1 Å². The predicted octanol–water partition coefficient (Wildman–Crippen LogP) is 7.64. The number of likely N-dealkylation sites (N-methyl/N-ethyl adjacent to an activating group) is 1. The Morgan fingerprint density at radius 3 is 2.01 bits per heavy atom. The van der Waals surface area contributed by atoms with Gasteiger partial charge in [-0.2, -0.15) is 0 Å². The van der Waals surface area contributed by atoms with E-state index in [0.29, 0.717) is 67.2 Å². The molecule has 2 saturated carbocycles. The van der Waals surface area contributed by atoms with Gasteiger partial charge >= 0.3 is 0 Å². The molecule has 7 heteroatoms. The maximum atomic E-state index is 7.46. The van der Waals surface area contributed by atoms with Crippen LogP contribution in [-0.4, -0.2) is 115 Å². The van der Waals surface area contributed by atoms with E-state index in [9.17, 15) is 0 Å². The van der Waals surface area contributed by atoms with E-state index in [4.69, 9.17) is 14.2 Å². The van der Waals surface area contributed by atoms with Crippen LogP contribution in [0.2, 0.25) is 0 Å². The molecular weight excluding hydrogens is 873 g/mol. The Hall–Kier alpha value is -4.14. The van der Waals surface area contributed by atoms with Crippen LogP contribution in [0.5, 0.6) is 17.2 Å². The summed E-state index contributed by atoms with van der Waals surface area (Å²) in [6, 6.07) is 4.94. The second-order valence-electron chi connectivity index (χ2n) is 26.1. The van der Waals surface area contributed by atoms with E-state index < -0.39 is 0 Å². The molecule has 7 nitrogen and oxygen atoms in total. The summed E-state index contributed by atoms with van der Waals surface area (Å²) in [5.41, 5.74) is 26.6. The quantitative estimate of drug-likeness (QED) is 0.0846. The first kappa shape index (κ1) is 43.3. The zero-order valence-electron chi connectivity index (χ0n) is 44.2. The first-order valence-electron chi connectivity index (χ1n) is 28.5. The zero-order chi connectivity index (χ0) is 47.9. The summed E-state index contributed by atoms with van der Waals surface area (Å²) < 4.78 is 21.5. The SMILES string of the molecule is CC1Cc2c3c4c5c6c2=C1CCC=6C1CCC2C6=c7c(c-4c4c8c7=C(CC6)C6C=CC7C(C)CC(=C34)C7C86)C23C(c2ccc(OCCCN(C)C)c(OCCCN(C)C)c2OCCCN(C)C)N(C)CC513. The molecule has 3 aromatic carbocycles. The van der Waals surface area contributed by atoms with Crippen LogP contribution >= 0.6 is 0 Å². The van der Waals surface area contributed by atoms with Crippen LogP contribution in [0.3, 0.4) is 0 Å². The van der Waals surface area contributed by atoms with Crippen molar-refractivity contribution in [2.75, 3.05) is 95.3 Å². The fraction of sp³-hybridized carbons (Fsp3) is 0.594. The van der Waals surface area contributed by atoms with E-state index in [0.717, 1.165) is 62.7 Å². The van der Waals surface area contributed by atoms with Gasteiger partial charge in [-0.05, 0) is 239 Å². The number of nitrogens with zero attached hydrogens (tertiary/aromatic N) is 4. The molecule has 11 unspecified atom stereocenters. The summed E-state index contributed by atoms with van der Waals surface area (Å²) in [6.07, 6.45) is 18.5. The number of hydrogen-bond donors (Lipinski definition) is 0. The molecule has 2 spiro atoms. The molecular formula is C64H76N4O3. The standard InChI is InChI=1S/C64H76N4O3/c1-32-29-41-46-34(32)13-15-36-37-16-18-39-44-21-20-43-38-17-14-35-33(2)30-42-47(35)52(38)58-56-51(42)50(41)55-54(48(36)46)49(37)53(39)59(57(55)56)64(44)62(68(9)31-63(43,58)64)40-19-22-45(69-26-10-23-65(3)4)61(71-28-12-25-67(7)8)60(40)70-27-11-24-66(5)6/h13,15,19,22,32-34,36,43-44,46,48,62H,10-12,14,16-18,20-21,23-31H2,1-9H3. The Labute approximate surface area is 421 Å². The summed E-state index contributed by atoms with van der Waals surface area (Å²) in [5.74, 6) is 7.52. The average Bonchev–Trinajstić information content (AvgIpc) is 4.31. The molecule has 13 aliphatic rings. The van der Waals surface area contributed by atoms with Gasteiger partial charge in [-0.15, -0.1) is 0 Å². The molecule has 0 radical (unpaired) electrons. The van der Waals surface area contributed by atoms with Crippen molar-refractivity contribution in [1.82, 2.24) is 19.6 Å². The van der Waals surface area contributed by atoms with Crippen LogP contribution in [0.25, 0.3) is 39.0 Å². The summed E-state index contributed by atoms with van der Waals surface area (Å²) in [7, 11) is 15.6. The van der Waals surface area contributed by atoms with Crippen molar-refractivity contribution in [2.24, 2.45) is 41.4 Å². The normalized spacial score (nSPS) is 34.1. The van der Waals surface area contributed by atoms with Gasteiger partial charge in [0.1, 0.15) is 0 Å². The number of allylic oxidation sites excluding steroid dienone is 3. The maximum absolute atomic E-state index is 7.46. The van der Waals surface area contributed by atoms with Gasteiger partial charge in [0.15, 0.2) is 11.5 Å². The van der Waals surface area contributed by atoms with Gasteiger partial charge < -0.3 is 28.9 Å². The predicted molar refractivity (Wildman–Crippen MR) is 285 cm³/mol. The number of fused-ring (bicyclic) bond motifs is 5. The molecule has 1 saturated heterocycles. The highest BCUT2D eigenvalue weighted by molar-refractivity contribution is 6.12. The number of likely N-dealkylation sites (tertiary alicyclic amines) is 1. The number of benzene rings is 3. The summed E-state index contributed by atoms with van der Waals surface area (Å²) in [4.78, 5) is 9.74. The minimum atomic E-state index is -0.126. The van der Waals surface area contributed by atoms with E-state index in [-0.39, 0.29) is 16.9 Å². The Bertz CT molecular complexity index is 3320. The Balaban J connectivity index is 1.01. The number of hydrogen-bond acceptors (Lipinski definition) is 7. The molecule has 16 rings (SSSR count). The van der Waals surface area contributed by atoms with Crippen molar-refractivity contribution in [3.05, 3.63) is 89.7 Å². The highest BCUT2D eigenvalue weighted by atomic mass is 16.5. The van der Waals surface area contributed by atoms with Crippen molar-refractivity contribution in [3.8, 4) is 28.4 Å². The zero-order valence-corrected chi connectivity index (χ0v) is 44.2. The van der Waals surface area contributed by atoms with E-state index >= 15 is 0 Å². The molecule has 0 aromatic heterocycles. The maximum Gasteiger partial charge on any atom is 0.203 e. The van der Waals surface area contributed by atoms with Crippen molar-refractivity contribution in [3.63, 3.8) is 0 Å². The monoisotopic (exact) mass is 949 g/mol. The van der Waals surface area contributed by atoms with Crippen LogP contribution in [0.1, 0.15) is 129 Å². The lowest BCUT2D eigenvalue weighted by Gasteiger charge is -2.59. The molecule has 1 heterocycles. The second-order valence-corrected chi connectivity index (χ2v) is 26.1. The molecule has 0 bridgehead atoms. The third-order valence-corrected chi connectivity index (χ3v) is 22.1. The summed E-state index contributed by atoms with van der Waals surface area (Å²) in [5, 5.41) is 7.15. The van der Waals surface area contributed by atoms with E-state index in [1.54, 1.807) is 54.3 Å². The third-order valence-electron chi connectivity index (χ3n) is 22.1. The average molecular weight is 949 g/mol. The largest absolute Gasteiger partial charge is 0.489 e. The number of ether oxygens (including phenoxy) is 3. The molecule has 3 aromatic rings. The van der Waals surface area contributed by atoms with Gasteiger partial charge in [0.05, 0.1) is 19.8 Å². The van der Waals surface area contributed by atoms with Crippen LogP contribution in [0, 0.1) is 41.4 Å². The lowest BCUT2D eigenvalue weighted by molar-refractivity contribution is 0.0881. The third kappa shape index (κ3) is 4.91. The first-order chi connectivity index (χ1) is 34.5. The van der Waals surface area contributed by atoms with Gasteiger partial charge in [-0.3, -0.25) is 4.90 Å². The molecule has 370 valence electrons. The Kier molecular flexibility index (Phi) is 8.89. The summed E-state index contributed by atoms with van der Waals surface area (Å²) >= 11 is 0. The van der Waals surface area contributed by atoms with Crippen molar-refractivity contribution >= 4 is 27.9 Å². The highest BCUT2D eigenvalue weighted by Gasteiger charge is 2.79. The molecule has 0 amide bonds. The molecule has 1 aliphatic heterocycles. The highest BCUT2D eigenvalue weighted by Crippen LogP contribution is 2.80. The minimum Gasteiger partial charge on any atom is -0.489 e. The van der Waals surface area contributed by atoms with Gasteiger partial charge in [-0.25, -0.2) is 0 Å². The van der Waals surface area contributed by atoms with E-state index in [1.807, 2.05) is 44.6 Å². The van der Waals surface area contributed by atoms with Gasteiger partial charge in [0.2, 0.25) is 5.75 Å². The van der Waals surface area contributed by atoms with Crippen LogP contribution in [-0.2, 0) is 17.3 Å². The minimum absolute atomic E-state index is 0.0103. The van der Waals surface area contributed by atoms with Crippen LogP contribution in [0.4, 0.5) is 0 Å². The van der Waals surface area contributed by atoms with E-state index in [2.05, 4.69) is 107 Å². The van der Waals surface area contributed by atoms with Crippen molar-refractivity contribution < 1.29 is 14.2 Å². The lowest BCUT2D eigenvalue weighted by Crippen LogP contribution is -2.61. The van der Waals surface area contributed by atoms with Crippen molar-refractivity contribution in [1.29, 1.82) is 0 Å². The van der Waals surface area contributed by atoms with Gasteiger partial charge in [0.25, 0.3) is 0 Å². The smallest absolute Gasteiger partial charge is 0.203 e. The van der Waals surface area contributed by atoms with Crippen LogP contribution in [0.15, 0.2) is 29.9 Å². The lowest BCUT2D eigenvalue weighted by atomic mass is 9.41. The van der Waals surface area contributed by atoms with Crippen molar-refractivity contribution in [2.45, 2.75) is 107 Å².